The zero-order valence-electron chi connectivity index (χ0n) is 30.0. The van der Waals surface area contributed by atoms with E-state index in [1.54, 1.807) is 0 Å². The van der Waals surface area contributed by atoms with E-state index >= 15 is 0 Å². The van der Waals surface area contributed by atoms with Crippen LogP contribution in [-0.4, -0.2) is 9.55 Å². The maximum Gasteiger partial charge on any atom is 0.0723 e. The number of rotatable bonds is 5. The summed E-state index contributed by atoms with van der Waals surface area (Å²) in [6, 6.07) is 72.3. The predicted molar refractivity (Wildman–Crippen MR) is 233 cm³/mol. The molecular weight excluding hydrogens is 665 g/mol. The molecule has 2 nitrogen and oxygen atoms in total. The van der Waals surface area contributed by atoms with Gasteiger partial charge in [0.1, 0.15) is 0 Å². The molecule has 11 rings (SSSR count). The van der Waals surface area contributed by atoms with E-state index in [-0.39, 0.29) is 0 Å². The summed E-state index contributed by atoms with van der Waals surface area (Å²) < 4.78 is 2.43. The topological polar surface area (TPSA) is 17.8 Å². The Morgan fingerprint density at radius 3 is 1.47 bits per heavy atom. The monoisotopic (exact) mass is 698 g/mol. The fourth-order valence-electron chi connectivity index (χ4n) is 8.78. The predicted octanol–water partition coefficient (Wildman–Crippen LogP) is 14.3. The summed E-state index contributed by atoms with van der Waals surface area (Å²) in [5, 5.41) is 9.83. The van der Waals surface area contributed by atoms with E-state index in [2.05, 4.69) is 211 Å². The second-order valence-electron chi connectivity index (χ2n) is 14.3. The summed E-state index contributed by atoms with van der Waals surface area (Å²) >= 11 is 0. The fourth-order valence-corrected chi connectivity index (χ4v) is 8.78. The minimum atomic E-state index is 0.947. The number of para-hydroxylation sites is 2. The Balaban J connectivity index is 1.09. The molecule has 0 unspecified atom stereocenters. The molecule has 0 fully saturated rings. The molecule has 0 spiro atoms. The van der Waals surface area contributed by atoms with Gasteiger partial charge in [0.25, 0.3) is 0 Å². The average molecular weight is 699 g/mol. The van der Waals surface area contributed by atoms with Crippen LogP contribution in [0.2, 0.25) is 0 Å². The van der Waals surface area contributed by atoms with E-state index in [9.17, 15) is 0 Å². The molecule has 0 aliphatic rings. The summed E-state index contributed by atoms with van der Waals surface area (Å²) in [5.74, 6) is 0. The third kappa shape index (κ3) is 5.00. The zero-order chi connectivity index (χ0) is 36.3. The van der Waals surface area contributed by atoms with Gasteiger partial charge in [0.15, 0.2) is 0 Å². The summed E-state index contributed by atoms with van der Waals surface area (Å²) in [6.45, 7) is 0. The van der Waals surface area contributed by atoms with Crippen LogP contribution in [0.4, 0.5) is 0 Å². The van der Waals surface area contributed by atoms with Crippen LogP contribution in [0.1, 0.15) is 0 Å². The van der Waals surface area contributed by atoms with E-state index in [1.807, 2.05) is 0 Å². The van der Waals surface area contributed by atoms with Gasteiger partial charge in [-0.05, 0) is 72.9 Å². The normalized spacial score (nSPS) is 11.6. The first-order valence-corrected chi connectivity index (χ1v) is 18.9. The number of aromatic nitrogens is 2. The molecule has 2 aromatic heterocycles. The summed E-state index contributed by atoms with van der Waals surface area (Å²) in [7, 11) is 0. The highest BCUT2D eigenvalue weighted by molar-refractivity contribution is 6.22. The molecule has 0 saturated carbocycles. The molecule has 0 amide bonds. The van der Waals surface area contributed by atoms with Gasteiger partial charge < -0.3 is 4.57 Å². The van der Waals surface area contributed by atoms with Gasteiger partial charge in [0.2, 0.25) is 0 Å². The Morgan fingerprint density at radius 1 is 0.309 bits per heavy atom. The van der Waals surface area contributed by atoms with Crippen molar-refractivity contribution in [1.82, 2.24) is 9.55 Å². The van der Waals surface area contributed by atoms with Crippen molar-refractivity contribution in [2.24, 2.45) is 0 Å². The van der Waals surface area contributed by atoms with E-state index in [4.69, 9.17) is 4.98 Å². The van der Waals surface area contributed by atoms with E-state index in [0.717, 1.165) is 22.5 Å². The molecule has 0 N–H and O–H groups in total. The maximum absolute atomic E-state index is 5.26. The van der Waals surface area contributed by atoms with Gasteiger partial charge in [-0.2, -0.15) is 0 Å². The molecule has 0 radical (unpaired) electrons. The van der Waals surface area contributed by atoms with Gasteiger partial charge in [-0.1, -0.05) is 182 Å². The molecule has 0 atom stereocenters. The van der Waals surface area contributed by atoms with Crippen LogP contribution in [0.25, 0.3) is 104 Å². The third-order valence-electron chi connectivity index (χ3n) is 11.2. The van der Waals surface area contributed by atoms with Crippen molar-refractivity contribution in [3.63, 3.8) is 0 Å². The Bertz CT molecular complexity index is 3160. The highest BCUT2D eigenvalue weighted by Gasteiger charge is 2.20. The number of hydrogen-bond acceptors (Lipinski definition) is 1. The molecule has 0 aliphatic carbocycles. The van der Waals surface area contributed by atoms with Crippen molar-refractivity contribution in [3.05, 3.63) is 206 Å². The average Bonchev–Trinajstić information content (AvgIpc) is 3.62. The van der Waals surface area contributed by atoms with Crippen molar-refractivity contribution < 1.29 is 0 Å². The number of pyridine rings is 1. The van der Waals surface area contributed by atoms with Gasteiger partial charge >= 0.3 is 0 Å². The number of nitrogens with zero attached hydrogens (tertiary/aromatic N) is 2. The molecule has 0 aliphatic heterocycles. The van der Waals surface area contributed by atoms with Crippen molar-refractivity contribution in [3.8, 4) is 50.3 Å². The second kappa shape index (κ2) is 12.7. The molecule has 2 heteroatoms. The molecule has 256 valence electrons. The maximum atomic E-state index is 5.26. The standard InChI is InChI=1S/C53H34N2/c1-3-14-35(15-4-1)36-26-28-38(29-27-36)50-42-20-9-11-22-44(42)51(45-23-12-10-21-43(45)50)39-31-33-49(54-34-39)48-25-13-24-46-47-32-30-37-16-7-8-19-41(37)52(47)55(53(46)48)40-17-5-2-6-18-40/h1-34H. The van der Waals surface area contributed by atoms with Crippen LogP contribution in [0.3, 0.4) is 0 Å². The van der Waals surface area contributed by atoms with E-state index < -0.39 is 0 Å². The minimum Gasteiger partial charge on any atom is -0.308 e. The lowest BCUT2D eigenvalue weighted by Gasteiger charge is -2.18. The van der Waals surface area contributed by atoms with E-state index in [0.29, 0.717) is 0 Å². The lowest BCUT2D eigenvalue weighted by atomic mass is 9.86. The quantitative estimate of drug-likeness (QED) is 0.164. The Kier molecular flexibility index (Phi) is 7.21. The van der Waals surface area contributed by atoms with Crippen LogP contribution in [0.15, 0.2) is 206 Å². The fraction of sp³-hybridized carbons (Fsp3) is 0. The summed E-state index contributed by atoms with van der Waals surface area (Å²) in [6.07, 6.45) is 2.07. The van der Waals surface area contributed by atoms with Gasteiger partial charge in [0.05, 0.1) is 16.7 Å². The molecule has 55 heavy (non-hydrogen) atoms. The highest BCUT2D eigenvalue weighted by atomic mass is 15.0. The van der Waals surface area contributed by atoms with Gasteiger partial charge in [-0.3, -0.25) is 4.98 Å². The lowest BCUT2D eigenvalue weighted by molar-refractivity contribution is 1.18. The number of benzene rings is 9. The van der Waals surface area contributed by atoms with Crippen LogP contribution in [-0.2, 0) is 0 Å². The van der Waals surface area contributed by atoms with Crippen LogP contribution in [0.5, 0.6) is 0 Å². The third-order valence-corrected chi connectivity index (χ3v) is 11.2. The second-order valence-corrected chi connectivity index (χ2v) is 14.3. The van der Waals surface area contributed by atoms with Gasteiger partial charge in [-0.15, -0.1) is 0 Å². The van der Waals surface area contributed by atoms with Crippen molar-refractivity contribution in [1.29, 1.82) is 0 Å². The van der Waals surface area contributed by atoms with Crippen molar-refractivity contribution in [2.45, 2.75) is 0 Å². The molecule has 0 saturated heterocycles. The van der Waals surface area contributed by atoms with Gasteiger partial charge in [0, 0.05) is 39.2 Å². The van der Waals surface area contributed by atoms with Crippen molar-refractivity contribution >= 4 is 54.1 Å². The van der Waals surface area contributed by atoms with E-state index in [1.165, 1.54) is 81.9 Å². The molecule has 2 heterocycles. The first-order chi connectivity index (χ1) is 27.3. The van der Waals surface area contributed by atoms with Crippen LogP contribution < -0.4 is 0 Å². The Morgan fingerprint density at radius 2 is 0.818 bits per heavy atom. The minimum absolute atomic E-state index is 0.947. The Hall–Kier alpha value is -7.29. The molecular formula is C53H34N2. The summed E-state index contributed by atoms with van der Waals surface area (Å²) in [4.78, 5) is 5.26. The van der Waals surface area contributed by atoms with Crippen LogP contribution >= 0.6 is 0 Å². The first-order valence-electron chi connectivity index (χ1n) is 18.9. The smallest absolute Gasteiger partial charge is 0.0723 e. The Labute approximate surface area is 319 Å². The van der Waals surface area contributed by atoms with Gasteiger partial charge in [-0.25, -0.2) is 0 Å². The molecule has 9 aromatic carbocycles. The first kappa shape index (κ1) is 31.3. The highest BCUT2D eigenvalue weighted by Crippen LogP contribution is 2.45. The van der Waals surface area contributed by atoms with Crippen molar-refractivity contribution in [2.75, 3.05) is 0 Å². The largest absolute Gasteiger partial charge is 0.308 e. The number of fused-ring (bicyclic) bond motifs is 7. The molecule has 11 aromatic rings. The summed E-state index contributed by atoms with van der Waals surface area (Å²) in [5.41, 5.74) is 12.8. The zero-order valence-corrected chi connectivity index (χ0v) is 30.0. The lowest BCUT2D eigenvalue weighted by Crippen LogP contribution is -1.96. The van der Waals surface area contributed by atoms with Crippen LogP contribution in [0, 0.1) is 0 Å². The SMILES string of the molecule is c1ccc(-c2ccc(-c3c4ccccc4c(-c4ccc(-c5cccc6c7ccc8ccccc8c7n(-c7ccccc7)c56)nc4)c4ccccc34)cc2)cc1. The number of hydrogen-bond donors (Lipinski definition) is 0. The molecule has 0 bridgehead atoms.